The predicted octanol–water partition coefficient (Wildman–Crippen LogP) is 5.04. The van der Waals surface area contributed by atoms with Crippen molar-refractivity contribution < 1.29 is 9.53 Å². The second kappa shape index (κ2) is 15.8. The van der Waals surface area contributed by atoms with E-state index in [-0.39, 0.29) is 6.03 Å². The number of nitrogens with zero attached hydrogens (tertiary/aromatic N) is 3. The van der Waals surface area contributed by atoms with Gasteiger partial charge < -0.3 is 10.1 Å². The van der Waals surface area contributed by atoms with Crippen LogP contribution in [-0.4, -0.2) is 40.1 Å². The molecule has 0 saturated heterocycles. The molecule has 0 saturated carbocycles. The summed E-state index contributed by atoms with van der Waals surface area (Å²) in [6.45, 7) is 4.30. The van der Waals surface area contributed by atoms with E-state index in [1.807, 2.05) is 0 Å². The summed E-state index contributed by atoms with van der Waals surface area (Å²) in [4.78, 5) is 20.1. The number of hydrogen-bond acceptors (Lipinski definition) is 7. The zero-order chi connectivity index (χ0) is 21.3. The van der Waals surface area contributed by atoms with Gasteiger partial charge in [0.05, 0.1) is 0 Å². The number of aromatic nitrogens is 3. The standard InChI is InChI=1S/C21H36N6O2S/c1-2-3-4-5-6-7-8-9-10-11-16-29-17-12-13-24-21(28)26-25-20-18-19(27-30-20)23-15-14-22-18/h14-15,25H,2-13,16-17H2,1H3,(H2,24,26,28). The maximum atomic E-state index is 11.8. The first-order valence-electron chi connectivity index (χ1n) is 11.2. The molecule has 0 unspecified atom stereocenters. The first-order chi connectivity index (χ1) is 14.8. The van der Waals surface area contributed by atoms with Gasteiger partial charge in [0.1, 0.15) is 5.52 Å². The fourth-order valence-corrected chi connectivity index (χ4v) is 3.74. The summed E-state index contributed by atoms with van der Waals surface area (Å²) in [6.07, 6.45) is 17.3. The lowest BCUT2D eigenvalue weighted by Gasteiger charge is -2.08. The molecule has 2 aromatic rings. The van der Waals surface area contributed by atoms with Crippen LogP contribution in [0.4, 0.5) is 9.80 Å². The summed E-state index contributed by atoms with van der Waals surface area (Å²) in [6, 6.07) is -0.296. The van der Waals surface area contributed by atoms with E-state index in [0.717, 1.165) is 19.4 Å². The Kier molecular flexibility index (Phi) is 12.8. The lowest BCUT2D eigenvalue weighted by Crippen LogP contribution is -2.39. The largest absolute Gasteiger partial charge is 0.381 e. The van der Waals surface area contributed by atoms with Crippen LogP contribution in [0.25, 0.3) is 11.2 Å². The van der Waals surface area contributed by atoms with Gasteiger partial charge in [-0.3, -0.25) is 10.9 Å². The van der Waals surface area contributed by atoms with E-state index in [9.17, 15) is 4.79 Å². The topological polar surface area (TPSA) is 101 Å². The number of amides is 2. The van der Waals surface area contributed by atoms with Crippen molar-refractivity contribution in [3.05, 3.63) is 12.4 Å². The second-order valence-electron chi connectivity index (χ2n) is 7.39. The number of hydrazine groups is 1. The van der Waals surface area contributed by atoms with Crippen LogP contribution in [0.15, 0.2) is 12.4 Å². The average Bonchev–Trinajstić information content (AvgIpc) is 3.18. The number of rotatable bonds is 17. The molecule has 0 bridgehead atoms. The van der Waals surface area contributed by atoms with E-state index in [1.54, 1.807) is 12.4 Å². The van der Waals surface area contributed by atoms with Crippen molar-refractivity contribution in [2.24, 2.45) is 0 Å². The van der Waals surface area contributed by atoms with Gasteiger partial charge in [0.2, 0.25) is 0 Å². The minimum Gasteiger partial charge on any atom is -0.381 e. The molecule has 0 spiro atoms. The molecule has 3 N–H and O–H groups in total. The number of carbonyl (C=O) groups is 1. The van der Waals surface area contributed by atoms with Crippen molar-refractivity contribution in [1.29, 1.82) is 0 Å². The molecule has 2 rings (SSSR count). The van der Waals surface area contributed by atoms with Gasteiger partial charge in [-0.15, -0.1) is 0 Å². The van der Waals surface area contributed by atoms with Crippen LogP contribution in [0.1, 0.15) is 77.6 Å². The fraction of sp³-hybridized carbons (Fsp3) is 0.714. The Morgan fingerprint density at radius 1 is 0.933 bits per heavy atom. The van der Waals surface area contributed by atoms with Crippen LogP contribution >= 0.6 is 11.5 Å². The van der Waals surface area contributed by atoms with E-state index >= 15 is 0 Å². The van der Waals surface area contributed by atoms with Crippen LogP contribution in [0, 0.1) is 0 Å². The van der Waals surface area contributed by atoms with Gasteiger partial charge in [-0.2, -0.15) is 4.37 Å². The van der Waals surface area contributed by atoms with Crippen LogP contribution in [-0.2, 0) is 4.74 Å². The van der Waals surface area contributed by atoms with E-state index in [0.29, 0.717) is 29.3 Å². The predicted molar refractivity (Wildman–Crippen MR) is 123 cm³/mol. The number of unbranched alkanes of at least 4 members (excludes halogenated alkanes) is 9. The average molecular weight is 437 g/mol. The zero-order valence-electron chi connectivity index (χ0n) is 18.1. The van der Waals surface area contributed by atoms with Gasteiger partial charge in [-0.25, -0.2) is 14.8 Å². The Hall–Kier alpha value is -2.00. The Labute approximate surface area is 183 Å². The zero-order valence-corrected chi connectivity index (χ0v) is 18.9. The molecule has 168 valence electrons. The molecule has 2 amide bonds. The third kappa shape index (κ3) is 10.2. The van der Waals surface area contributed by atoms with E-state index in [2.05, 4.69) is 37.4 Å². The number of anilines is 1. The molecule has 8 nitrogen and oxygen atoms in total. The number of fused-ring (bicyclic) bond motifs is 1. The second-order valence-corrected chi connectivity index (χ2v) is 8.17. The summed E-state index contributed by atoms with van der Waals surface area (Å²) >= 11 is 1.21. The molecule has 0 atom stereocenters. The van der Waals surface area contributed by atoms with Crippen molar-refractivity contribution in [3.63, 3.8) is 0 Å². The minimum atomic E-state index is -0.296. The van der Waals surface area contributed by atoms with Gasteiger partial charge in [0.25, 0.3) is 0 Å². The van der Waals surface area contributed by atoms with Crippen molar-refractivity contribution in [2.75, 3.05) is 25.2 Å². The number of nitrogens with one attached hydrogen (secondary N) is 3. The number of urea groups is 1. The SMILES string of the molecule is CCCCCCCCCCCCOCCCNC(=O)NNc1snc2nccnc12. The summed E-state index contributed by atoms with van der Waals surface area (Å²) in [5.41, 5.74) is 6.62. The smallest absolute Gasteiger partial charge is 0.333 e. The Balaban J connectivity index is 1.35. The Bertz CT molecular complexity index is 712. The monoisotopic (exact) mass is 436 g/mol. The Morgan fingerprint density at radius 3 is 2.37 bits per heavy atom. The summed E-state index contributed by atoms with van der Waals surface area (Å²) in [5, 5.41) is 3.45. The summed E-state index contributed by atoms with van der Waals surface area (Å²) in [5.74, 6) is 0. The van der Waals surface area contributed by atoms with Crippen LogP contribution in [0.2, 0.25) is 0 Å². The maximum absolute atomic E-state index is 11.8. The van der Waals surface area contributed by atoms with Crippen molar-refractivity contribution in [1.82, 2.24) is 25.1 Å². The minimum absolute atomic E-state index is 0.296. The molecule has 30 heavy (non-hydrogen) atoms. The molecule has 2 aromatic heterocycles. The van der Waals surface area contributed by atoms with E-state index in [4.69, 9.17) is 4.74 Å². The molecular formula is C21H36N6O2S. The highest BCUT2D eigenvalue weighted by Crippen LogP contribution is 2.22. The highest BCUT2D eigenvalue weighted by Gasteiger charge is 2.08. The maximum Gasteiger partial charge on any atom is 0.333 e. The number of hydrogen-bond donors (Lipinski definition) is 3. The van der Waals surface area contributed by atoms with Gasteiger partial charge in [0, 0.05) is 32.2 Å². The molecule has 0 aliphatic carbocycles. The molecule has 2 heterocycles. The van der Waals surface area contributed by atoms with Crippen molar-refractivity contribution in [3.8, 4) is 0 Å². The van der Waals surface area contributed by atoms with E-state index in [1.165, 1.54) is 69.3 Å². The summed E-state index contributed by atoms with van der Waals surface area (Å²) < 4.78 is 9.80. The fourth-order valence-electron chi connectivity index (χ4n) is 3.10. The van der Waals surface area contributed by atoms with Gasteiger partial charge in [0.15, 0.2) is 10.6 Å². The van der Waals surface area contributed by atoms with Crippen LogP contribution in [0.5, 0.6) is 0 Å². The summed E-state index contributed by atoms with van der Waals surface area (Å²) in [7, 11) is 0. The molecule has 0 aliphatic heterocycles. The normalized spacial score (nSPS) is 11.0. The first-order valence-corrected chi connectivity index (χ1v) is 12.0. The van der Waals surface area contributed by atoms with Crippen molar-refractivity contribution in [2.45, 2.75) is 77.6 Å². The lowest BCUT2D eigenvalue weighted by molar-refractivity contribution is 0.127. The third-order valence-corrected chi connectivity index (χ3v) is 5.54. The number of carbonyl (C=O) groups excluding carboxylic acids is 1. The molecule has 9 heteroatoms. The number of ether oxygens (including phenoxy) is 1. The quantitative estimate of drug-likeness (QED) is 0.237. The molecule has 0 radical (unpaired) electrons. The van der Waals surface area contributed by atoms with Gasteiger partial charge >= 0.3 is 6.03 Å². The molecular weight excluding hydrogens is 400 g/mol. The Morgan fingerprint density at radius 2 is 1.60 bits per heavy atom. The molecule has 0 aliphatic rings. The third-order valence-electron chi connectivity index (χ3n) is 4.80. The highest BCUT2D eigenvalue weighted by molar-refractivity contribution is 7.11. The van der Waals surface area contributed by atoms with E-state index < -0.39 is 0 Å². The highest BCUT2D eigenvalue weighted by atomic mass is 32.1. The molecule has 0 aromatic carbocycles. The van der Waals surface area contributed by atoms with Crippen molar-refractivity contribution >= 4 is 33.7 Å². The van der Waals surface area contributed by atoms with Gasteiger partial charge in [-0.05, 0) is 24.4 Å². The van der Waals surface area contributed by atoms with Crippen LogP contribution in [0.3, 0.4) is 0 Å². The van der Waals surface area contributed by atoms with Gasteiger partial charge in [-0.1, -0.05) is 64.7 Å². The molecule has 0 fully saturated rings. The van der Waals surface area contributed by atoms with Crippen LogP contribution < -0.4 is 16.2 Å². The lowest BCUT2D eigenvalue weighted by atomic mass is 10.1. The first kappa shape index (κ1) is 24.3.